The molecule has 0 fully saturated rings. The number of phenols is 3. The molecule has 0 aromatic heterocycles. The third-order valence-corrected chi connectivity index (χ3v) is 8.68. The molecule has 0 heterocycles. The van der Waals surface area contributed by atoms with Crippen molar-refractivity contribution in [2.75, 3.05) is 12.4 Å². The number of carbonyl (C=O) groups excluding carboxylic acids is 2. The van der Waals surface area contributed by atoms with Crippen LogP contribution in [0.1, 0.15) is 52.4 Å². The molecule has 0 aliphatic rings. The van der Waals surface area contributed by atoms with Crippen molar-refractivity contribution in [3.63, 3.8) is 0 Å². The molecule has 4 rings (SSSR count). The van der Waals surface area contributed by atoms with Crippen molar-refractivity contribution in [1.82, 2.24) is 10.0 Å². The van der Waals surface area contributed by atoms with Crippen LogP contribution in [-0.4, -0.2) is 48.6 Å². The SMILES string of the molecule is CNC(=O)C(Cc1ccccc1)NS(=O)(=O)c1ccc(NC(=O)c2cc(Cc3ccccc3C(C)C)c(O)c(O)c2O)cc1. The van der Waals surface area contributed by atoms with E-state index in [1.807, 2.05) is 44.2 Å². The van der Waals surface area contributed by atoms with Gasteiger partial charge in [0.2, 0.25) is 21.7 Å². The molecule has 230 valence electrons. The third-order valence-electron chi connectivity index (χ3n) is 7.19. The third kappa shape index (κ3) is 7.36. The summed E-state index contributed by atoms with van der Waals surface area (Å²) in [5, 5.41) is 36.5. The zero-order chi connectivity index (χ0) is 32.0. The lowest BCUT2D eigenvalue weighted by molar-refractivity contribution is -0.122. The van der Waals surface area contributed by atoms with Crippen LogP contribution in [0.4, 0.5) is 5.69 Å². The van der Waals surface area contributed by atoms with Crippen LogP contribution in [0.25, 0.3) is 0 Å². The summed E-state index contributed by atoms with van der Waals surface area (Å²) in [5.74, 6) is -3.21. The Balaban J connectivity index is 1.53. The van der Waals surface area contributed by atoms with Crippen molar-refractivity contribution >= 4 is 27.5 Å². The zero-order valence-corrected chi connectivity index (χ0v) is 25.4. The maximum Gasteiger partial charge on any atom is 0.259 e. The van der Waals surface area contributed by atoms with Crippen LogP contribution < -0.4 is 15.4 Å². The summed E-state index contributed by atoms with van der Waals surface area (Å²) in [7, 11) is -2.70. The van der Waals surface area contributed by atoms with E-state index in [9.17, 15) is 33.3 Å². The van der Waals surface area contributed by atoms with Crippen LogP contribution in [0.3, 0.4) is 0 Å². The Hall–Kier alpha value is -4.87. The number of benzene rings is 4. The van der Waals surface area contributed by atoms with E-state index >= 15 is 0 Å². The first-order valence-electron chi connectivity index (χ1n) is 13.9. The van der Waals surface area contributed by atoms with Crippen LogP contribution in [0.5, 0.6) is 17.2 Å². The molecule has 0 aliphatic carbocycles. The lowest BCUT2D eigenvalue weighted by Crippen LogP contribution is -2.46. The summed E-state index contributed by atoms with van der Waals surface area (Å²) in [6, 6.07) is 22.1. The minimum atomic E-state index is -4.12. The predicted molar refractivity (Wildman–Crippen MR) is 167 cm³/mol. The van der Waals surface area contributed by atoms with Gasteiger partial charge >= 0.3 is 0 Å². The first-order valence-corrected chi connectivity index (χ1v) is 15.4. The molecular weight excluding hydrogens is 582 g/mol. The van der Waals surface area contributed by atoms with E-state index in [4.69, 9.17) is 0 Å². The van der Waals surface area contributed by atoms with Gasteiger partial charge in [0.05, 0.1) is 10.5 Å². The summed E-state index contributed by atoms with van der Waals surface area (Å²) in [6.07, 6.45) is 0.344. The van der Waals surface area contributed by atoms with Crippen LogP contribution >= 0.6 is 0 Å². The van der Waals surface area contributed by atoms with E-state index < -0.39 is 45.1 Å². The molecule has 0 spiro atoms. The van der Waals surface area contributed by atoms with Crippen LogP contribution in [-0.2, 0) is 27.7 Å². The number of sulfonamides is 1. The van der Waals surface area contributed by atoms with Gasteiger partial charge in [-0.05, 0) is 59.4 Å². The minimum absolute atomic E-state index is 0.131. The predicted octanol–water partition coefficient (Wildman–Crippen LogP) is 4.41. The van der Waals surface area contributed by atoms with Gasteiger partial charge in [0.25, 0.3) is 5.91 Å². The molecule has 0 aliphatic heterocycles. The molecule has 1 unspecified atom stereocenters. The van der Waals surface area contributed by atoms with Gasteiger partial charge in [-0.25, -0.2) is 8.42 Å². The number of likely N-dealkylation sites (N-methyl/N-ethyl adjacent to an activating group) is 1. The van der Waals surface area contributed by atoms with E-state index in [2.05, 4.69) is 15.4 Å². The molecule has 0 saturated carbocycles. The number of carbonyl (C=O) groups is 2. The fourth-order valence-corrected chi connectivity index (χ4v) is 6.05. The Morgan fingerprint density at radius 2 is 1.43 bits per heavy atom. The molecule has 4 aromatic carbocycles. The van der Waals surface area contributed by atoms with Crippen LogP contribution in [0.15, 0.2) is 89.8 Å². The highest BCUT2D eigenvalue weighted by molar-refractivity contribution is 7.89. The van der Waals surface area contributed by atoms with Crippen LogP contribution in [0.2, 0.25) is 0 Å². The molecule has 11 heteroatoms. The Bertz CT molecular complexity index is 1760. The van der Waals surface area contributed by atoms with Gasteiger partial charge in [-0.3, -0.25) is 9.59 Å². The Kier molecular flexibility index (Phi) is 9.92. The fourth-order valence-electron chi connectivity index (χ4n) is 4.86. The van der Waals surface area contributed by atoms with Gasteiger partial charge in [-0.15, -0.1) is 0 Å². The number of hydrogen-bond donors (Lipinski definition) is 6. The lowest BCUT2D eigenvalue weighted by Gasteiger charge is -2.18. The zero-order valence-electron chi connectivity index (χ0n) is 24.5. The number of nitrogens with one attached hydrogen (secondary N) is 3. The average molecular weight is 618 g/mol. The van der Waals surface area contributed by atoms with Crippen molar-refractivity contribution in [3.8, 4) is 17.2 Å². The van der Waals surface area contributed by atoms with E-state index in [0.29, 0.717) is 0 Å². The topological polar surface area (TPSA) is 165 Å². The standard InChI is InChI=1S/C33H35N3O7S/c1-20(2)26-12-8-7-11-22(26)18-23-19-27(30(38)31(39)29(23)37)32(40)35-24-13-15-25(16-14-24)44(42,43)36-28(33(41)34-3)17-21-9-5-4-6-10-21/h4-16,19-20,28,36-39H,17-18H2,1-3H3,(H,34,41)(H,35,40). The smallest absolute Gasteiger partial charge is 0.259 e. The molecule has 4 aromatic rings. The molecule has 10 nitrogen and oxygen atoms in total. The van der Waals surface area contributed by atoms with Crippen molar-refractivity contribution in [2.45, 2.75) is 43.5 Å². The molecule has 0 radical (unpaired) electrons. The number of phenolic OH excluding ortho intramolecular Hbond substituents is 3. The van der Waals surface area contributed by atoms with Gasteiger partial charge in [-0.2, -0.15) is 4.72 Å². The number of amides is 2. The molecule has 0 bridgehead atoms. The van der Waals surface area contributed by atoms with Crippen molar-refractivity contribution in [3.05, 3.63) is 113 Å². The monoisotopic (exact) mass is 617 g/mol. The van der Waals surface area contributed by atoms with Gasteiger partial charge in [0, 0.05) is 24.7 Å². The molecule has 0 saturated heterocycles. The Morgan fingerprint density at radius 3 is 2.07 bits per heavy atom. The summed E-state index contributed by atoms with van der Waals surface area (Å²) >= 11 is 0. The van der Waals surface area contributed by atoms with Gasteiger partial charge in [-0.1, -0.05) is 68.4 Å². The highest BCUT2D eigenvalue weighted by atomic mass is 32.2. The Labute approximate surface area is 256 Å². The summed E-state index contributed by atoms with van der Waals surface area (Å²) < 4.78 is 28.7. The highest BCUT2D eigenvalue weighted by Gasteiger charge is 2.26. The first kappa shape index (κ1) is 32.1. The van der Waals surface area contributed by atoms with Crippen molar-refractivity contribution in [2.24, 2.45) is 0 Å². The molecule has 1 atom stereocenters. The number of rotatable bonds is 11. The normalized spacial score (nSPS) is 12.1. The summed E-state index contributed by atoms with van der Waals surface area (Å²) in [6.45, 7) is 4.06. The quantitative estimate of drug-likeness (QED) is 0.136. The fraction of sp³-hybridized carbons (Fsp3) is 0.212. The average Bonchev–Trinajstić information content (AvgIpc) is 3.01. The van der Waals surface area contributed by atoms with Gasteiger partial charge < -0.3 is 26.0 Å². The van der Waals surface area contributed by atoms with E-state index in [1.165, 1.54) is 37.4 Å². The summed E-state index contributed by atoms with van der Waals surface area (Å²) in [5.41, 5.74) is 2.88. The maximum absolute atomic E-state index is 13.1. The largest absolute Gasteiger partial charge is 0.504 e. The minimum Gasteiger partial charge on any atom is -0.504 e. The number of hydrogen-bond acceptors (Lipinski definition) is 7. The van der Waals surface area contributed by atoms with E-state index in [1.54, 1.807) is 24.3 Å². The van der Waals surface area contributed by atoms with E-state index in [-0.39, 0.29) is 40.5 Å². The second-order valence-corrected chi connectivity index (χ2v) is 12.3. The second-order valence-electron chi connectivity index (χ2n) is 10.6. The second kappa shape index (κ2) is 13.6. The molecule has 2 amide bonds. The highest BCUT2D eigenvalue weighted by Crippen LogP contribution is 2.42. The van der Waals surface area contributed by atoms with Crippen molar-refractivity contribution < 1.29 is 33.3 Å². The lowest BCUT2D eigenvalue weighted by atomic mass is 9.92. The molecule has 44 heavy (non-hydrogen) atoms. The first-order chi connectivity index (χ1) is 20.9. The number of anilines is 1. The molecule has 6 N–H and O–H groups in total. The van der Waals surface area contributed by atoms with Gasteiger partial charge in [0.1, 0.15) is 6.04 Å². The van der Waals surface area contributed by atoms with Gasteiger partial charge in [0.15, 0.2) is 11.5 Å². The van der Waals surface area contributed by atoms with Crippen molar-refractivity contribution in [1.29, 1.82) is 0 Å². The van der Waals surface area contributed by atoms with E-state index in [0.717, 1.165) is 16.7 Å². The number of aromatic hydroxyl groups is 3. The Morgan fingerprint density at radius 1 is 0.795 bits per heavy atom. The van der Waals surface area contributed by atoms with Crippen LogP contribution in [0, 0.1) is 0 Å². The maximum atomic E-state index is 13.1. The molecular formula is C33H35N3O7S. The summed E-state index contributed by atoms with van der Waals surface area (Å²) in [4.78, 5) is 25.5.